The smallest absolute Gasteiger partial charge is 0.322 e. The number of urea groups is 1. The number of carbonyl (C=O) groups excluding carboxylic acids is 2. The molecule has 0 spiro atoms. The van der Waals surface area contributed by atoms with Crippen LogP contribution in [0.5, 0.6) is 17.2 Å². The highest BCUT2D eigenvalue weighted by atomic mass is 16.5. The number of hydrogen-bond donors (Lipinski definition) is 1. The summed E-state index contributed by atoms with van der Waals surface area (Å²) in [5.41, 5.74) is 2.65. The van der Waals surface area contributed by atoms with E-state index in [4.69, 9.17) is 14.2 Å². The standard InChI is InChI=1S/C31H37N3O5/c1-22(2)27-20-33(30(35)19-24-10-15-28(37-3)29(18-24)38-4)16-17-34(27)31(36)32-25-11-13-26(14-12-25)39-21-23-8-6-5-7-9-23/h5-15,18,22,27H,16-17,19-21H2,1-4H3,(H,32,36). The molecule has 4 rings (SSSR count). The fraction of sp³-hybridized carbons (Fsp3) is 0.355. The van der Waals surface area contributed by atoms with Gasteiger partial charge in [0.15, 0.2) is 11.5 Å². The van der Waals surface area contributed by atoms with Crippen LogP contribution in [0.4, 0.5) is 10.5 Å². The summed E-state index contributed by atoms with van der Waals surface area (Å²) in [6.45, 7) is 6.07. The maximum Gasteiger partial charge on any atom is 0.322 e. The zero-order chi connectivity index (χ0) is 27.8. The van der Waals surface area contributed by atoms with Crippen molar-refractivity contribution in [2.75, 3.05) is 39.2 Å². The third kappa shape index (κ3) is 7.22. The number of rotatable bonds is 9. The normalized spacial score (nSPS) is 15.2. The minimum absolute atomic E-state index is 0.0269. The van der Waals surface area contributed by atoms with Crippen LogP contribution in [0.1, 0.15) is 25.0 Å². The van der Waals surface area contributed by atoms with Gasteiger partial charge in [-0.05, 0) is 53.4 Å². The van der Waals surface area contributed by atoms with Gasteiger partial charge in [0.05, 0.1) is 26.7 Å². The highest BCUT2D eigenvalue weighted by Gasteiger charge is 2.34. The third-order valence-corrected chi connectivity index (χ3v) is 6.96. The Morgan fingerprint density at radius 2 is 1.62 bits per heavy atom. The van der Waals surface area contributed by atoms with Crippen molar-refractivity contribution in [3.63, 3.8) is 0 Å². The predicted molar refractivity (Wildman–Crippen MR) is 151 cm³/mol. The van der Waals surface area contributed by atoms with Gasteiger partial charge in [0.25, 0.3) is 0 Å². The molecule has 0 radical (unpaired) electrons. The highest BCUT2D eigenvalue weighted by Crippen LogP contribution is 2.28. The van der Waals surface area contributed by atoms with Gasteiger partial charge < -0.3 is 29.3 Å². The van der Waals surface area contributed by atoms with Crippen molar-refractivity contribution in [3.8, 4) is 17.2 Å². The largest absolute Gasteiger partial charge is 0.493 e. The number of anilines is 1. The van der Waals surface area contributed by atoms with Gasteiger partial charge in [0.1, 0.15) is 12.4 Å². The molecule has 8 nitrogen and oxygen atoms in total. The average molecular weight is 532 g/mol. The van der Waals surface area contributed by atoms with E-state index in [9.17, 15) is 9.59 Å². The van der Waals surface area contributed by atoms with Gasteiger partial charge in [-0.2, -0.15) is 0 Å². The summed E-state index contributed by atoms with van der Waals surface area (Å²) in [6, 6.07) is 22.6. The molecular weight excluding hydrogens is 494 g/mol. The predicted octanol–water partition coefficient (Wildman–Crippen LogP) is 5.23. The van der Waals surface area contributed by atoms with E-state index in [1.54, 1.807) is 14.2 Å². The molecule has 1 atom stereocenters. The fourth-order valence-electron chi connectivity index (χ4n) is 4.71. The molecule has 1 fully saturated rings. The topological polar surface area (TPSA) is 80.3 Å². The van der Waals surface area contributed by atoms with Crippen LogP contribution in [0.25, 0.3) is 0 Å². The Morgan fingerprint density at radius 3 is 2.28 bits per heavy atom. The van der Waals surface area contributed by atoms with E-state index in [1.807, 2.05) is 82.6 Å². The summed E-state index contributed by atoms with van der Waals surface area (Å²) in [5.74, 6) is 2.17. The summed E-state index contributed by atoms with van der Waals surface area (Å²) < 4.78 is 16.5. The minimum Gasteiger partial charge on any atom is -0.493 e. The first-order chi connectivity index (χ1) is 18.9. The Hall–Kier alpha value is -4.20. The second kappa shape index (κ2) is 13.0. The van der Waals surface area contributed by atoms with Crippen LogP contribution >= 0.6 is 0 Å². The zero-order valence-corrected chi connectivity index (χ0v) is 23.1. The Labute approximate surface area is 230 Å². The molecule has 1 saturated heterocycles. The Balaban J connectivity index is 1.33. The van der Waals surface area contributed by atoms with Crippen molar-refractivity contribution >= 4 is 17.6 Å². The summed E-state index contributed by atoms with van der Waals surface area (Å²) in [4.78, 5) is 30.1. The molecule has 3 amide bonds. The van der Waals surface area contributed by atoms with E-state index < -0.39 is 0 Å². The van der Waals surface area contributed by atoms with Crippen molar-refractivity contribution in [1.82, 2.24) is 9.80 Å². The number of carbonyl (C=O) groups is 2. The van der Waals surface area contributed by atoms with Crippen molar-refractivity contribution in [3.05, 3.63) is 83.9 Å². The number of nitrogens with zero attached hydrogens (tertiary/aromatic N) is 2. The van der Waals surface area contributed by atoms with E-state index in [1.165, 1.54) is 0 Å². The van der Waals surface area contributed by atoms with Gasteiger partial charge >= 0.3 is 6.03 Å². The molecule has 39 heavy (non-hydrogen) atoms. The van der Waals surface area contributed by atoms with Crippen LogP contribution in [0.3, 0.4) is 0 Å². The molecule has 1 N–H and O–H groups in total. The molecule has 8 heteroatoms. The Morgan fingerprint density at radius 1 is 0.897 bits per heavy atom. The van der Waals surface area contributed by atoms with Crippen LogP contribution in [0.2, 0.25) is 0 Å². The lowest BCUT2D eigenvalue weighted by molar-refractivity contribution is -0.133. The van der Waals surface area contributed by atoms with Crippen LogP contribution < -0.4 is 19.5 Å². The lowest BCUT2D eigenvalue weighted by atomic mass is 9.99. The molecule has 0 aromatic heterocycles. The molecule has 206 valence electrons. The molecule has 1 heterocycles. The third-order valence-electron chi connectivity index (χ3n) is 6.96. The number of hydrogen-bond acceptors (Lipinski definition) is 5. The zero-order valence-electron chi connectivity index (χ0n) is 23.1. The molecular formula is C31H37N3O5. The molecule has 1 unspecified atom stereocenters. The van der Waals surface area contributed by atoms with E-state index in [2.05, 4.69) is 19.2 Å². The van der Waals surface area contributed by atoms with Crippen molar-refractivity contribution in [2.24, 2.45) is 5.92 Å². The first kappa shape index (κ1) is 27.8. The lowest BCUT2D eigenvalue weighted by Crippen LogP contribution is -2.59. The van der Waals surface area contributed by atoms with Gasteiger partial charge in [-0.15, -0.1) is 0 Å². The van der Waals surface area contributed by atoms with Crippen molar-refractivity contribution < 1.29 is 23.8 Å². The number of ether oxygens (including phenoxy) is 3. The summed E-state index contributed by atoms with van der Waals surface area (Å²) in [5, 5.41) is 3.01. The maximum atomic E-state index is 13.2. The van der Waals surface area contributed by atoms with Crippen molar-refractivity contribution in [1.29, 1.82) is 0 Å². The second-order valence-corrected chi connectivity index (χ2v) is 9.94. The van der Waals surface area contributed by atoms with E-state index in [0.717, 1.165) is 16.9 Å². The Bertz CT molecular complexity index is 1250. The number of nitrogens with one attached hydrogen (secondary N) is 1. The van der Waals surface area contributed by atoms with E-state index >= 15 is 0 Å². The molecule has 1 aliphatic rings. The van der Waals surface area contributed by atoms with Crippen LogP contribution in [-0.2, 0) is 17.8 Å². The van der Waals surface area contributed by atoms with Gasteiger partial charge in [0.2, 0.25) is 5.91 Å². The fourth-order valence-corrected chi connectivity index (χ4v) is 4.71. The number of benzene rings is 3. The highest BCUT2D eigenvalue weighted by molar-refractivity contribution is 5.90. The summed E-state index contributed by atoms with van der Waals surface area (Å²) in [6.07, 6.45) is 0.260. The Kier molecular flexibility index (Phi) is 9.31. The van der Waals surface area contributed by atoms with Gasteiger partial charge in [0, 0.05) is 25.3 Å². The van der Waals surface area contributed by atoms with Crippen LogP contribution in [0.15, 0.2) is 72.8 Å². The van der Waals surface area contributed by atoms with E-state index in [-0.39, 0.29) is 30.3 Å². The van der Waals surface area contributed by atoms with Gasteiger partial charge in [-0.25, -0.2) is 4.79 Å². The summed E-state index contributed by atoms with van der Waals surface area (Å²) >= 11 is 0. The quantitative estimate of drug-likeness (QED) is 0.409. The maximum absolute atomic E-state index is 13.2. The second-order valence-electron chi connectivity index (χ2n) is 9.94. The lowest BCUT2D eigenvalue weighted by Gasteiger charge is -2.43. The van der Waals surface area contributed by atoms with Gasteiger partial charge in [-0.1, -0.05) is 50.2 Å². The summed E-state index contributed by atoms with van der Waals surface area (Å²) in [7, 11) is 3.16. The number of amides is 3. The SMILES string of the molecule is COc1ccc(CC(=O)N2CCN(C(=O)Nc3ccc(OCc4ccccc4)cc3)C(C(C)C)C2)cc1OC. The van der Waals surface area contributed by atoms with Crippen molar-refractivity contribution in [2.45, 2.75) is 32.9 Å². The molecule has 0 saturated carbocycles. The molecule has 3 aromatic carbocycles. The minimum atomic E-state index is -0.168. The molecule has 0 aliphatic carbocycles. The molecule has 3 aromatic rings. The molecule has 0 bridgehead atoms. The average Bonchev–Trinajstić information content (AvgIpc) is 2.96. The monoisotopic (exact) mass is 531 g/mol. The van der Waals surface area contributed by atoms with Crippen LogP contribution in [-0.4, -0.2) is 61.6 Å². The first-order valence-corrected chi connectivity index (χ1v) is 13.2. The van der Waals surface area contributed by atoms with E-state index in [0.29, 0.717) is 43.4 Å². The van der Waals surface area contributed by atoms with Crippen LogP contribution in [0, 0.1) is 5.92 Å². The number of methoxy groups -OCH3 is 2. The molecule has 1 aliphatic heterocycles. The number of piperazine rings is 1. The first-order valence-electron chi connectivity index (χ1n) is 13.2. The van der Waals surface area contributed by atoms with Gasteiger partial charge in [-0.3, -0.25) is 4.79 Å².